The molecule has 0 N–H and O–H groups in total. The zero-order valence-electron chi connectivity index (χ0n) is 11.3. The van der Waals surface area contributed by atoms with E-state index in [1.54, 1.807) is 0 Å². The number of ether oxygens (including phenoxy) is 1. The van der Waals surface area contributed by atoms with Crippen LogP contribution in [0.5, 0.6) is 5.75 Å². The van der Waals surface area contributed by atoms with E-state index in [0.717, 1.165) is 37.2 Å². The molecular formula is C15H19NO2Ru+. The van der Waals surface area contributed by atoms with Crippen LogP contribution in [-0.2, 0) is 22.6 Å². The molecule has 3 nitrogen and oxygen atoms in total. The van der Waals surface area contributed by atoms with Gasteiger partial charge in [0, 0.05) is 0 Å². The number of rotatable bonds is 4. The van der Waals surface area contributed by atoms with Crippen LogP contribution in [0.15, 0.2) is 24.3 Å². The van der Waals surface area contributed by atoms with Crippen LogP contribution in [0.4, 0.5) is 0 Å². The third-order valence-electron chi connectivity index (χ3n) is 3.30. The van der Waals surface area contributed by atoms with Gasteiger partial charge >= 0.3 is 124 Å². The molecule has 0 radical (unpaired) electrons. The van der Waals surface area contributed by atoms with Crippen molar-refractivity contribution in [2.75, 3.05) is 13.1 Å². The van der Waals surface area contributed by atoms with E-state index in [1.165, 1.54) is 0 Å². The fourth-order valence-electron chi connectivity index (χ4n) is 2.28. The average Bonchev–Trinajstić information content (AvgIpc) is 2.91. The number of para-hydroxylation sites is 1. The predicted molar refractivity (Wildman–Crippen MR) is 72.1 cm³/mol. The number of carbonyl (C=O) groups excluding carboxylic acids is 1. The van der Waals surface area contributed by atoms with Gasteiger partial charge in [0.2, 0.25) is 0 Å². The van der Waals surface area contributed by atoms with E-state index in [-0.39, 0.29) is 5.91 Å². The first-order valence-electron chi connectivity index (χ1n) is 6.54. The molecule has 1 amide bonds. The van der Waals surface area contributed by atoms with Gasteiger partial charge in [-0.3, -0.25) is 0 Å². The monoisotopic (exact) mass is 347 g/mol. The summed E-state index contributed by atoms with van der Waals surface area (Å²) in [4.78, 5) is 14.4. The number of likely N-dealkylation sites (tertiary alicyclic amines) is 1. The first kappa shape index (κ1) is 14.4. The quantitative estimate of drug-likeness (QED) is 0.782. The summed E-state index contributed by atoms with van der Waals surface area (Å²) in [6.07, 6.45) is 2.19. The van der Waals surface area contributed by atoms with Crippen LogP contribution in [-0.4, -0.2) is 34.1 Å². The summed E-state index contributed by atoms with van der Waals surface area (Å²) in [5.74, 6) is 0.823. The van der Waals surface area contributed by atoms with Crippen LogP contribution in [0.3, 0.4) is 0 Å². The number of nitrogens with zero attached hydrogens (tertiary/aromatic N) is 1. The summed E-state index contributed by atoms with van der Waals surface area (Å²) in [7, 11) is 0. The van der Waals surface area contributed by atoms with E-state index in [9.17, 15) is 4.79 Å². The van der Waals surface area contributed by atoms with E-state index in [0.29, 0.717) is 0 Å². The molecule has 1 aliphatic rings. The maximum atomic E-state index is 12.5. The molecule has 1 fully saturated rings. The standard InChI is InChI=1S/C15H19NO2.Ru/c1-12-8-4-5-9-13(12)18-15(2,3)14(17)16-10-6-7-11-16;/h1,4-5,8-9H,6-7,10-11H2,2-3H3;/q;+1. The number of hydrogen-bond donors (Lipinski definition) is 0. The van der Waals surface area contributed by atoms with E-state index < -0.39 is 5.60 Å². The first-order chi connectivity index (χ1) is 9.04. The topological polar surface area (TPSA) is 29.5 Å². The van der Waals surface area contributed by atoms with Crippen molar-refractivity contribution in [3.63, 3.8) is 0 Å². The van der Waals surface area contributed by atoms with Gasteiger partial charge in [-0.1, -0.05) is 0 Å². The second kappa shape index (κ2) is 5.96. The van der Waals surface area contributed by atoms with E-state index >= 15 is 0 Å². The maximum absolute atomic E-state index is 12.5. The Morgan fingerprint density at radius 2 is 1.95 bits per heavy atom. The summed E-state index contributed by atoms with van der Waals surface area (Å²) < 4.78 is 7.89. The molecule has 0 unspecified atom stereocenters. The summed E-state index contributed by atoms with van der Waals surface area (Å²) in [6.45, 7) is 5.38. The molecule has 0 bridgehead atoms. The van der Waals surface area contributed by atoms with Crippen LogP contribution < -0.4 is 4.74 Å². The number of benzene rings is 1. The van der Waals surface area contributed by atoms with Crippen LogP contribution in [0.1, 0.15) is 32.3 Å². The molecule has 2 rings (SSSR count). The Morgan fingerprint density at radius 1 is 1.32 bits per heavy atom. The number of amides is 1. The first-order valence-corrected chi connectivity index (χ1v) is 7.54. The van der Waals surface area contributed by atoms with Crippen LogP contribution >= 0.6 is 0 Å². The summed E-state index contributed by atoms with van der Waals surface area (Å²) in [5, 5.41) is 0. The van der Waals surface area contributed by atoms with Crippen molar-refractivity contribution in [3.8, 4) is 5.75 Å². The zero-order valence-corrected chi connectivity index (χ0v) is 13.1. The Balaban J connectivity index is 2.15. The van der Waals surface area contributed by atoms with Gasteiger partial charge in [0.05, 0.1) is 0 Å². The Labute approximate surface area is 124 Å². The van der Waals surface area contributed by atoms with Crippen LogP contribution in [0.25, 0.3) is 0 Å². The molecule has 1 aromatic carbocycles. The molecule has 4 heteroatoms. The normalized spacial score (nSPS) is 15.4. The van der Waals surface area contributed by atoms with Gasteiger partial charge in [-0.2, -0.15) is 0 Å². The molecule has 1 heterocycles. The Morgan fingerprint density at radius 3 is 2.58 bits per heavy atom. The van der Waals surface area contributed by atoms with Gasteiger partial charge in [0.15, 0.2) is 0 Å². The molecule has 0 aromatic heterocycles. The SMILES string of the molecule is CC(C)(Oc1ccccc1[CH]=[Ru+])C(=O)N1CCCC1. The second-order valence-electron chi connectivity index (χ2n) is 5.25. The second-order valence-corrected chi connectivity index (χ2v) is 5.75. The molecule has 0 spiro atoms. The van der Waals surface area contributed by atoms with Gasteiger partial charge in [-0.25, -0.2) is 0 Å². The molecular weight excluding hydrogens is 327 g/mol. The Kier molecular flexibility index (Phi) is 4.51. The van der Waals surface area contributed by atoms with Crippen molar-refractivity contribution in [2.24, 2.45) is 0 Å². The molecule has 0 aliphatic carbocycles. The van der Waals surface area contributed by atoms with Crippen molar-refractivity contribution in [1.29, 1.82) is 0 Å². The molecule has 0 saturated carbocycles. The van der Waals surface area contributed by atoms with Crippen LogP contribution in [0, 0.1) is 0 Å². The average molecular weight is 346 g/mol. The zero-order chi connectivity index (χ0) is 13.9. The van der Waals surface area contributed by atoms with E-state index in [2.05, 4.69) is 17.9 Å². The van der Waals surface area contributed by atoms with E-state index in [1.807, 2.05) is 47.6 Å². The Bertz CT molecular complexity index is 479. The fraction of sp³-hybridized carbons (Fsp3) is 0.467. The third-order valence-corrected chi connectivity index (χ3v) is 3.84. The van der Waals surface area contributed by atoms with Crippen molar-refractivity contribution in [3.05, 3.63) is 29.8 Å². The summed E-state index contributed by atoms with van der Waals surface area (Å²) >= 11 is 2.47. The predicted octanol–water partition coefficient (Wildman–Crippen LogP) is 2.16. The summed E-state index contributed by atoms with van der Waals surface area (Å²) in [5.41, 5.74) is 0.163. The Hall–Kier alpha value is -1.02. The van der Waals surface area contributed by atoms with Gasteiger partial charge in [0.1, 0.15) is 0 Å². The molecule has 103 valence electrons. The van der Waals surface area contributed by atoms with Crippen LogP contribution in [0.2, 0.25) is 0 Å². The molecule has 1 aliphatic heterocycles. The molecule has 1 aromatic rings. The van der Waals surface area contributed by atoms with Crippen molar-refractivity contribution >= 4 is 10.5 Å². The van der Waals surface area contributed by atoms with Gasteiger partial charge in [0.25, 0.3) is 0 Å². The van der Waals surface area contributed by atoms with Gasteiger partial charge in [-0.15, -0.1) is 0 Å². The van der Waals surface area contributed by atoms with Crippen molar-refractivity contribution in [2.45, 2.75) is 32.3 Å². The minimum atomic E-state index is -0.824. The van der Waals surface area contributed by atoms with Gasteiger partial charge < -0.3 is 0 Å². The van der Waals surface area contributed by atoms with Crippen molar-refractivity contribution < 1.29 is 27.4 Å². The van der Waals surface area contributed by atoms with E-state index in [4.69, 9.17) is 4.74 Å². The third kappa shape index (κ3) is 3.30. The molecule has 0 atom stereocenters. The summed E-state index contributed by atoms with van der Waals surface area (Å²) in [6, 6.07) is 7.75. The van der Waals surface area contributed by atoms with Gasteiger partial charge in [-0.05, 0) is 0 Å². The minimum absolute atomic E-state index is 0.0738. The fourth-order valence-corrected chi connectivity index (χ4v) is 2.69. The van der Waals surface area contributed by atoms with Crippen molar-refractivity contribution in [1.82, 2.24) is 4.90 Å². The number of hydrogen-bond acceptors (Lipinski definition) is 2. The number of carbonyl (C=O) groups is 1. The molecule has 1 saturated heterocycles. The molecule has 19 heavy (non-hydrogen) atoms.